The minimum Gasteiger partial charge on any atom is -0.462 e. The van der Waals surface area contributed by atoms with Crippen LogP contribution in [0.15, 0.2) is 36.5 Å². The number of carbonyl (C=O) groups is 3. The highest BCUT2D eigenvalue weighted by atomic mass is 16.6. The second kappa shape index (κ2) is 65.2. The van der Waals surface area contributed by atoms with Crippen LogP contribution >= 0.6 is 0 Å². The summed E-state index contributed by atoms with van der Waals surface area (Å²) in [5, 5.41) is 0. The molecular formula is C70H130O6. The predicted octanol–water partition coefficient (Wildman–Crippen LogP) is 23.2. The average Bonchev–Trinajstić information content (AvgIpc) is 3.42. The first-order valence-electron chi connectivity index (χ1n) is 34.0. The minimum absolute atomic E-state index is 0.0686. The standard InChI is InChI=1S/C70H130O6/c1-4-7-10-13-16-19-22-25-28-30-32-34-35-37-38-40-42-45-48-51-54-57-60-63-69(72)75-66-67(65-74-68(71)62-59-56-53-50-47-44-27-24-21-18-15-12-9-6-3)76-70(73)64-61-58-55-52-49-46-43-41-39-36-33-31-29-26-23-20-17-14-11-8-5-2/h22,25,30-33,67H,4-21,23-24,26-29,34-66H2,1-3H3/b25-22-,32-30-,33-31-. The van der Waals surface area contributed by atoms with Crippen LogP contribution in [-0.4, -0.2) is 37.2 Å². The van der Waals surface area contributed by atoms with Crippen molar-refractivity contribution in [2.24, 2.45) is 0 Å². The molecular weight excluding hydrogens is 937 g/mol. The molecule has 6 heteroatoms. The Kier molecular flexibility index (Phi) is 63.1. The van der Waals surface area contributed by atoms with Crippen LogP contribution < -0.4 is 0 Å². The van der Waals surface area contributed by atoms with Crippen LogP contribution in [0.5, 0.6) is 0 Å². The molecule has 0 saturated carbocycles. The van der Waals surface area contributed by atoms with Crippen molar-refractivity contribution in [3.05, 3.63) is 36.5 Å². The van der Waals surface area contributed by atoms with E-state index in [-0.39, 0.29) is 31.1 Å². The zero-order chi connectivity index (χ0) is 55.0. The van der Waals surface area contributed by atoms with E-state index in [1.54, 1.807) is 0 Å². The Hall–Kier alpha value is -2.37. The second-order valence-electron chi connectivity index (χ2n) is 23.1. The summed E-state index contributed by atoms with van der Waals surface area (Å²) < 4.78 is 17.0. The van der Waals surface area contributed by atoms with Crippen LogP contribution in [0.4, 0.5) is 0 Å². The smallest absolute Gasteiger partial charge is 0.306 e. The normalized spacial score (nSPS) is 12.2. The van der Waals surface area contributed by atoms with Crippen molar-refractivity contribution in [1.82, 2.24) is 0 Å². The van der Waals surface area contributed by atoms with Gasteiger partial charge in [0.05, 0.1) is 0 Å². The Bertz CT molecular complexity index is 1270. The molecule has 0 amide bonds. The van der Waals surface area contributed by atoms with Gasteiger partial charge in [0, 0.05) is 19.3 Å². The fraction of sp³-hybridized carbons (Fsp3) is 0.871. The van der Waals surface area contributed by atoms with Gasteiger partial charge in [-0.05, 0) is 77.0 Å². The van der Waals surface area contributed by atoms with Gasteiger partial charge in [0.1, 0.15) is 13.2 Å². The number of hydrogen-bond donors (Lipinski definition) is 0. The average molecular weight is 1070 g/mol. The van der Waals surface area contributed by atoms with Crippen molar-refractivity contribution in [2.75, 3.05) is 13.2 Å². The fourth-order valence-electron chi connectivity index (χ4n) is 10.2. The van der Waals surface area contributed by atoms with Crippen LogP contribution in [0.2, 0.25) is 0 Å². The number of allylic oxidation sites excluding steroid dienone is 6. The quantitative estimate of drug-likeness (QED) is 0.0261. The molecule has 0 N–H and O–H groups in total. The Morgan fingerprint density at radius 1 is 0.263 bits per heavy atom. The summed E-state index contributed by atoms with van der Waals surface area (Å²) >= 11 is 0. The highest BCUT2D eigenvalue weighted by molar-refractivity contribution is 5.71. The third-order valence-electron chi connectivity index (χ3n) is 15.4. The summed E-state index contributed by atoms with van der Waals surface area (Å²) in [7, 11) is 0. The molecule has 446 valence electrons. The van der Waals surface area contributed by atoms with Crippen LogP contribution in [0, 0.1) is 0 Å². The zero-order valence-electron chi connectivity index (χ0n) is 51.3. The van der Waals surface area contributed by atoms with Gasteiger partial charge < -0.3 is 14.2 Å². The molecule has 76 heavy (non-hydrogen) atoms. The molecule has 1 atom stereocenters. The Balaban J connectivity index is 4.29. The second-order valence-corrected chi connectivity index (χ2v) is 23.1. The van der Waals surface area contributed by atoms with E-state index < -0.39 is 6.10 Å². The monoisotopic (exact) mass is 1070 g/mol. The van der Waals surface area contributed by atoms with Gasteiger partial charge in [0.2, 0.25) is 0 Å². The molecule has 6 nitrogen and oxygen atoms in total. The number of ether oxygens (including phenoxy) is 3. The molecule has 0 bridgehead atoms. The lowest BCUT2D eigenvalue weighted by atomic mass is 10.0. The maximum absolute atomic E-state index is 12.9. The van der Waals surface area contributed by atoms with Gasteiger partial charge in [-0.3, -0.25) is 14.4 Å². The SMILES string of the molecule is CCCCCCC/C=C\C/C=C\CCCCCCCCCCCCCC(=O)OCC(COC(=O)CCCCCCCCCCCCCCCC)OC(=O)CCCCCCCCCCC/C=C\CCCCCCCCCC. The molecule has 0 aromatic carbocycles. The molecule has 0 radical (unpaired) electrons. The fourth-order valence-corrected chi connectivity index (χ4v) is 10.2. The van der Waals surface area contributed by atoms with Crippen LogP contribution in [-0.2, 0) is 28.6 Å². The molecule has 0 rings (SSSR count). The summed E-state index contributed by atoms with van der Waals surface area (Å²) in [6.07, 6.45) is 80.1. The summed E-state index contributed by atoms with van der Waals surface area (Å²) in [5.74, 6) is -0.846. The van der Waals surface area contributed by atoms with E-state index in [9.17, 15) is 14.4 Å². The predicted molar refractivity (Wildman–Crippen MR) is 330 cm³/mol. The van der Waals surface area contributed by atoms with Crippen LogP contribution in [0.3, 0.4) is 0 Å². The van der Waals surface area contributed by atoms with Crippen LogP contribution in [0.25, 0.3) is 0 Å². The summed E-state index contributed by atoms with van der Waals surface area (Å²) in [5.41, 5.74) is 0. The number of esters is 3. The maximum atomic E-state index is 12.9. The Morgan fingerprint density at radius 3 is 0.737 bits per heavy atom. The first-order valence-corrected chi connectivity index (χ1v) is 34.0. The maximum Gasteiger partial charge on any atom is 0.306 e. The van der Waals surface area contributed by atoms with Crippen molar-refractivity contribution >= 4 is 17.9 Å². The molecule has 0 aliphatic rings. The van der Waals surface area contributed by atoms with Gasteiger partial charge in [-0.2, -0.15) is 0 Å². The van der Waals surface area contributed by atoms with E-state index in [0.717, 1.165) is 64.2 Å². The summed E-state index contributed by atoms with van der Waals surface area (Å²) in [4.78, 5) is 38.4. The zero-order valence-corrected chi connectivity index (χ0v) is 51.3. The first kappa shape index (κ1) is 73.6. The molecule has 0 fully saturated rings. The Morgan fingerprint density at radius 2 is 0.474 bits per heavy atom. The van der Waals surface area contributed by atoms with Crippen molar-refractivity contribution in [3.8, 4) is 0 Å². The van der Waals surface area contributed by atoms with Gasteiger partial charge in [0.15, 0.2) is 6.10 Å². The lowest BCUT2D eigenvalue weighted by Gasteiger charge is -2.18. The number of rotatable bonds is 63. The molecule has 0 aromatic heterocycles. The third-order valence-corrected chi connectivity index (χ3v) is 15.4. The van der Waals surface area contributed by atoms with Gasteiger partial charge in [-0.25, -0.2) is 0 Å². The third kappa shape index (κ3) is 62.5. The number of carbonyl (C=O) groups excluding carboxylic acids is 3. The van der Waals surface area contributed by atoms with E-state index in [1.807, 2.05) is 0 Å². The van der Waals surface area contributed by atoms with Crippen LogP contribution in [0.1, 0.15) is 374 Å². The molecule has 0 heterocycles. The van der Waals surface area contributed by atoms with Gasteiger partial charge >= 0.3 is 17.9 Å². The van der Waals surface area contributed by atoms with E-state index in [1.165, 1.54) is 270 Å². The molecule has 0 aliphatic carbocycles. The van der Waals surface area contributed by atoms with E-state index >= 15 is 0 Å². The molecule has 0 saturated heterocycles. The topological polar surface area (TPSA) is 78.9 Å². The van der Waals surface area contributed by atoms with Gasteiger partial charge in [-0.15, -0.1) is 0 Å². The number of unbranched alkanes of at least 4 members (excludes halogenated alkanes) is 46. The van der Waals surface area contributed by atoms with E-state index in [4.69, 9.17) is 14.2 Å². The van der Waals surface area contributed by atoms with Crippen molar-refractivity contribution in [2.45, 2.75) is 380 Å². The lowest BCUT2D eigenvalue weighted by Crippen LogP contribution is -2.30. The largest absolute Gasteiger partial charge is 0.462 e. The summed E-state index contributed by atoms with van der Waals surface area (Å²) in [6.45, 7) is 6.69. The minimum atomic E-state index is -0.772. The molecule has 0 aromatic rings. The van der Waals surface area contributed by atoms with E-state index in [2.05, 4.69) is 57.2 Å². The molecule has 0 spiro atoms. The van der Waals surface area contributed by atoms with Crippen molar-refractivity contribution < 1.29 is 28.6 Å². The number of hydrogen-bond acceptors (Lipinski definition) is 6. The Labute approximate surface area is 474 Å². The molecule has 1 unspecified atom stereocenters. The lowest BCUT2D eigenvalue weighted by molar-refractivity contribution is -0.167. The van der Waals surface area contributed by atoms with E-state index in [0.29, 0.717) is 19.3 Å². The highest BCUT2D eigenvalue weighted by Crippen LogP contribution is 2.18. The molecule has 0 aliphatic heterocycles. The first-order chi connectivity index (χ1) is 37.5. The highest BCUT2D eigenvalue weighted by Gasteiger charge is 2.19. The van der Waals surface area contributed by atoms with Gasteiger partial charge in [0.25, 0.3) is 0 Å². The van der Waals surface area contributed by atoms with Gasteiger partial charge in [-0.1, -0.05) is 314 Å². The van der Waals surface area contributed by atoms with Crippen molar-refractivity contribution in [1.29, 1.82) is 0 Å². The van der Waals surface area contributed by atoms with Crippen molar-refractivity contribution in [3.63, 3.8) is 0 Å². The summed E-state index contributed by atoms with van der Waals surface area (Å²) in [6, 6.07) is 0.